The van der Waals surface area contributed by atoms with Gasteiger partial charge < -0.3 is 24.8 Å². The highest BCUT2D eigenvalue weighted by Gasteiger charge is 2.11. The zero-order valence-corrected chi connectivity index (χ0v) is 14.9. The van der Waals surface area contributed by atoms with Crippen LogP contribution in [0.3, 0.4) is 0 Å². The highest BCUT2D eigenvalue weighted by atomic mass is 35.5. The molecular formula is C18H19ClN2O4. The zero-order valence-electron chi connectivity index (χ0n) is 14.1. The number of hydrogen-bond acceptors (Lipinski definition) is 4. The molecular weight excluding hydrogens is 344 g/mol. The molecule has 0 aliphatic carbocycles. The van der Waals surface area contributed by atoms with Crippen molar-refractivity contribution < 1.29 is 19.0 Å². The summed E-state index contributed by atoms with van der Waals surface area (Å²) >= 11 is 6.04. The van der Waals surface area contributed by atoms with Gasteiger partial charge in [0.05, 0.1) is 32.0 Å². The lowest BCUT2D eigenvalue weighted by molar-refractivity contribution is 0.255. The summed E-state index contributed by atoms with van der Waals surface area (Å²) in [7, 11) is 4.58. The molecule has 0 bridgehead atoms. The second-order valence-electron chi connectivity index (χ2n) is 4.90. The minimum atomic E-state index is -0.429. The van der Waals surface area contributed by atoms with E-state index in [1.807, 2.05) is 24.3 Å². The van der Waals surface area contributed by atoms with Crippen molar-refractivity contribution in [1.29, 1.82) is 0 Å². The standard InChI is InChI=1S/C18H19ClN2O4/c1-23-13-6-4-5-12(9-13)7-8-20-18(22)21-15-11-16(24-2)14(19)10-17(15)25-3/h4-11H,1-3H3,(H2,20,21,22)/b8-7+. The first-order chi connectivity index (χ1) is 12.1. The van der Waals surface area contributed by atoms with Crippen molar-refractivity contribution in [2.45, 2.75) is 0 Å². The topological polar surface area (TPSA) is 68.8 Å². The normalized spacial score (nSPS) is 10.4. The molecule has 0 saturated carbocycles. The molecule has 2 N–H and O–H groups in total. The van der Waals surface area contributed by atoms with E-state index in [9.17, 15) is 4.79 Å². The Kier molecular flexibility index (Phi) is 6.54. The molecule has 0 atom stereocenters. The van der Waals surface area contributed by atoms with E-state index in [2.05, 4.69) is 10.6 Å². The number of ether oxygens (including phenoxy) is 3. The molecule has 0 saturated heterocycles. The predicted octanol–water partition coefficient (Wildman–Crippen LogP) is 4.16. The summed E-state index contributed by atoms with van der Waals surface area (Å²) in [6.07, 6.45) is 3.28. The maximum absolute atomic E-state index is 12.1. The molecule has 0 heterocycles. The van der Waals surface area contributed by atoms with Crippen LogP contribution >= 0.6 is 11.6 Å². The number of carbonyl (C=O) groups is 1. The maximum Gasteiger partial charge on any atom is 0.323 e. The van der Waals surface area contributed by atoms with Gasteiger partial charge in [-0.25, -0.2) is 4.79 Å². The van der Waals surface area contributed by atoms with Crippen LogP contribution in [0.15, 0.2) is 42.6 Å². The fourth-order valence-corrected chi connectivity index (χ4v) is 2.31. The molecule has 6 nitrogen and oxygen atoms in total. The Labute approximate surface area is 151 Å². The van der Waals surface area contributed by atoms with Crippen molar-refractivity contribution in [3.8, 4) is 17.2 Å². The summed E-state index contributed by atoms with van der Waals surface area (Å²) in [5, 5.41) is 5.69. The van der Waals surface area contributed by atoms with Gasteiger partial charge in [-0.2, -0.15) is 0 Å². The number of rotatable bonds is 6. The van der Waals surface area contributed by atoms with Crippen LogP contribution in [0.5, 0.6) is 17.2 Å². The Hall–Kier alpha value is -2.86. The molecule has 2 rings (SSSR count). The molecule has 25 heavy (non-hydrogen) atoms. The number of carbonyl (C=O) groups excluding carboxylic acids is 1. The van der Waals surface area contributed by atoms with E-state index in [0.717, 1.165) is 11.3 Å². The Morgan fingerprint density at radius 2 is 1.80 bits per heavy atom. The van der Waals surface area contributed by atoms with Crippen molar-refractivity contribution in [2.24, 2.45) is 0 Å². The molecule has 2 amide bonds. The van der Waals surface area contributed by atoms with Gasteiger partial charge in [0, 0.05) is 18.3 Å². The van der Waals surface area contributed by atoms with Crippen LogP contribution in [-0.2, 0) is 0 Å². The molecule has 0 radical (unpaired) electrons. The molecule has 0 aliphatic heterocycles. The van der Waals surface area contributed by atoms with Crippen molar-refractivity contribution in [3.63, 3.8) is 0 Å². The number of hydrogen-bond donors (Lipinski definition) is 2. The van der Waals surface area contributed by atoms with Crippen molar-refractivity contribution in [3.05, 3.63) is 53.2 Å². The molecule has 0 unspecified atom stereocenters. The van der Waals surface area contributed by atoms with Crippen molar-refractivity contribution in [1.82, 2.24) is 5.32 Å². The Morgan fingerprint density at radius 3 is 2.48 bits per heavy atom. The van der Waals surface area contributed by atoms with Gasteiger partial charge in [-0.15, -0.1) is 0 Å². The first-order valence-corrected chi connectivity index (χ1v) is 7.74. The second kappa shape index (κ2) is 8.84. The summed E-state index contributed by atoms with van der Waals surface area (Å²) in [6.45, 7) is 0. The van der Waals surface area contributed by atoms with E-state index < -0.39 is 6.03 Å². The Bertz CT molecular complexity index is 778. The first kappa shape index (κ1) is 18.5. The molecule has 0 aliphatic rings. The van der Waals surface area contributed by atoms with E-state index in [1.54, 1.807) is 25.3 Å². The molecule has 0 fully saturated rings. The first-order valence-electron chi connectivity index (χ1n) is 7.37. The van der Waals surface area contributed by atoms with Crippen LogP contribution in [-0.4, -0.2) is 27.4 Å². The van der Waals surface area contributed by atoms with Crippen LogP contribution in [0.2, 0.25) is 5.02 Å². The lowest BCUT2D eigenvalue weighted by atomic mass is 10.2. The minimum Gasteiger partial charge on any atom is -0.497 e. The molecule has 7 heteroatoms. The summed E-state index contributed by atoms with van der Waals surface area (Å²) in [5.74, 6) is 1.60. The van der Waals surface area contributed by atoms with Gasteiger partial charge in [-0.1, -0.05) is 23.7 Å². The van der Waals surface area contributed by atoms with Gasteiger partial charge >= 0.3 is 6.03 Å². The third-order valence-electron chi connectivity index (χ3n) is 3.31. The average molecular weight is 363 g/mol. The molecule has 2 aromatic carbocycles. The van der Waals surface area contributed by atoms with E-state index in [1.165, 1.54) is 20.4 Å². The number of anilines is 1. The third kappa shape index (κ3) is 5.06. The van der Waals surface area contributed by atoms with E-state index in [-0.39, 0.29) is 0 Å². The van der Waals surface area contributed by atoms with Gasteiger partial charge in [0.2, 0.25) is 0 Å². The van der Waals surface area contributed by atoms with Gasteiger partial charge in [-0.05, 0) is 23.8 Å². The van der Waals surface area contributed by atoms with E-state index in [0.29, 0.717) is 22.2 Å². The number of urea groups is 1. The Morgan fingerprint density at radius 1 is 1.04 bits per heavy atom. The monoisotopic (exact) mass is 362 g/mol. The largest absolute Gasteiger partial charge is 0.497 e. The fourth-order valence-electron chi connectivity index (χ4n) is 2.08. The molecule has 0 spiro atoms. The average Bonchev–Trinajstić information content (AvgIpc) is 2.63. The quantitative estimate of drug-likeness (QED) is 0.809. The third-order valence-corrected chi connectivity index (χ3v) is 3.60. The van der Waals surface area contributed by atoms with E-state index in [4.69, 9.17) is 25.8 Å². The smallest absolute Gasteiger partial charge is 0.323 e. The number of halogens is 1. The fraction of sp³-hybridized carbons (Fsp3) is 0.167. The molecule has 132 valence electrons. The highest BCUT2D eigenvalue weighted by Crippen LogP contribution is 2.35. The SMILES string of the molecule is COc1cccc(/C=C/NC(=O)Nc2cc(OC)c(Cl)cc2OC)c1. The van der Waals surface area contributed by atoms with Gasteiger partial charge in [-0.3, -0.25) is 0 Å². The number of methoxy groups -OCH3 is 3. The highest BCUT2D eigenvalue weighted by molar-refractivity contribution is 6.32. The molecule has 0 aromatic heterocycles. The minimum absolute atomic E-state index is 0.392. The molecule has 2 aromatic rings. The summed E-state index contributed by atoms with van der Waals surface area (Å²) in [5.41, 5.74) is 1.33. The zero-order chi connectivity index (χ0) is 18.2. The maximum atomic E-state index is 12.1. The number of nitrogens with one attached hydrogen (secondary N) is 2. The van der Waals surface area contributed by atoms with Gasteiger partial charge in [0.25, 0.3) is 0 Å². The Balaban J connectivity index is 2.03. The number of benzene rings is 2. The van der Waals surface area contributed by atoms with Crippen molar-refractivity contribution >= 4 is 29.4 Å². The van der Waals surface area contributed by atoms with Gasteiger partial charge in [0.1, 0.15) is 17.2 Å². The van der Waals surface area contributed by atoms with Crippen LogP contribution in [0, 0.1) is 0 Å². The predicted molar refractivity (Wildman–Crippen MR) is 98.7 cm³/mol. The lowest BCUT2D eigenvalue weighted by Crippen LogP contribution is -2.24. The van der Waals surface area contributed by atoms with Crippen LogP contribution in [0.4, 0.5) is 10.5 Å². The summed E-state index contributed by atoms with van der Waals surface area (Å²) in [4.78, 5) is 12.1. The van der Waals surface area contributed by atoms with Crippen molar-refractivity contribution in [2.75, 3.05) is 26.6 Å². The lowest BCUT2D eigenvalue weighted by Gasteiger charge is -2.12. The number of amides is 2. The van der Waals surface area contributed by atoms with Crippen LogP contribution in [0.1, 0.15) is 5.56 Å². The van der Waals surface area contributed by atoms with Crippen LogP contribution < -0.4 is 24.8 Å². The summed E-state index contributed by atoms with van der Waals surface area (Å²) < 4.78 is 15.5. The van der Waals surface area contributed by atoms with Gasteiger partial charge in [0.15, 0.2) is 0 Å². The van der Waals surface area contributed by atoms with E-state index >= 15 is 0 Å². The second-order valence-corrected chi connectivity index (χ2v) is 5.30. The summed E-state index contributed by atoms with van der Waals surface area (Å²) in [6, 6.07) is 10.2. The van der Waals surface area contributed by atoms with Crippen LogP contribution in [0.25, 0.3) is 6.08 Å².